The first-order valence-electron chi connectivity index (χ1n) is 5.52. The van der Waals surface area contributed by atoms with Crippen molar-refractivity contribution in [2.45, 2.75) is 20.0 Å². The average molecular weight is 284 g/mol. The number of halogens is 1. The number of amides is 1. The van der Waals surface area contributed by atoms with Crippen molar-refractivity contribution in [3.63, 3.8) is 0 Å². The number of nitrogens with zero attached hydrogens (tertiary/aromatic N) is 3. The molecule has 0 saturated carbocycles. The van der Waals surface area contributed by atoms with E-state index in [1.54, 1.807) is 34.2 Å². The Morgan fingerprint density at radius 2 is 2.39 bits per heavy atom. The first kappa shape index (κ1) is 13.1. The Balaban J connectivity index is 1.97. The molecule has 0 aliphatic heterocycles. The molecule has 0 saturated heterocycles. The van der Waals surface area contributed by atoms with Gasteiger partial charge in [0.1, 0.15) is 6.54 Å². The van der Waals surface area contributed by atoms with Crippen LogP contribution < -0.4 is 0 Å². The topological polar surface area (TPSA) is 38.1 Å². The fourth-order valence-electron chi connectivity index (χ4n) is 1.56. The summed E-state index contributed by atoms with van der Waals surface area (Å²) in [5.74, 6) is 0.0197. The number of hydrogen-bond acceptors (Lipinski definition) is 3. The predicted octanol–water partition coefficient (Wildman–Crippen LogP) is 2.57. The van der Waals surface area contributed by atoms with Crippen LogP contribution in [0.4, 0.5) is 0 Å². The van der Waals surface area contributed by atoms with Crippen molar-refractivity contribution in [3.05, 3.63) is 39.3 Å². The molecule has 0 N–H and O–H groups in total. The standard InChI is InChI=1S/C12H14ClN3OS/c1-9-11(13)6-14-16(9)8-12(17)15(2)7-10-4-3-5-18-10/h3-6H,7-8H2,1-2H3. The van der Waals surface area contributed by atoms with E-state index in [-0.39, 0.29) is 12.5 Å². The van der Waals surface area contributed by atoms with E-state index < -0.39 is 0 Å². The lowest BCUT2D eigenvalue weighted by Crippen LogP contribution is -2.30. The molecule has 2 aromatic rings. The van der Waals surface area contributed by atoms with Gasteiger partial charge in [-0.3, -0.25) is 9.48 Å². The molecule has 0 spiro atoms. The van der Waals surface area contributed by atoms with Crippen LogP contribution >= 0.6 is 22.9 Å². The van der Waals surface area contributed by atoms with Gasteiger partial charge >= 0.3 is 0 Å². The highest BCUT2D eigenvalue weighted by Gasteiger charge is 2.13. The molecule has 0 aromatic carbocycles. The Bertz CT molecular complexity index is 536. The number of aromatic nitrogens is 2. The Labute approximate surface area is 115 Å². The molecular weight excluding hydrogens is 270 g/mol. The lowest BCUT2D eigenvalue weighted by atomic mass is 10.4. The molecule has 0 unspecified atom stereocenters. The summed E-state index contributed by atoms with van der Waals surface area (Å²) in [6.45, 7) is 2.70. The van der Waals surface area contributed by atoms with Gasteiger partial charge in [-0.25, -0.2) is 0 Å². The number of carbonyl (C=O) groups is 1. The van der Waals surface area contributed by atoms with Crippen LogP contribution in [0.2, 0.25) is 5.02 Å². The first-order chi connectivity index (χ1) is 8.58. The van der Waals surface area contributed by atoms with E-state index in [0.29, 0.717) is 11.6 Å². The van der Waals surface area contributed by atoms with Gasteiger partial charge in [-0.15, -0.1) is 11.3 Å². The fraction of sp³-hybridized carbons (Fsp3) is 0.333. The van der Waals surface area contributed by atoms with Gasteiger partial charge in [0.2, 0.25) is 5.91 Å². The smallest absolute Gasteiger partial charge is 0.244 e. The average Bonchev–Trinajstić information content (AvgIpc) is 2.94. The van der Waals surface area contributed by atoms with Crippen LogP contribution in [0.1, 0.15) is 10.6 Å². The van der Waals surface area contributed by atoms with Gasteiger partial charge in [-0.2, -0.15) is 5.10 Å². The molecule has 96 valence electrons. The second-order valence-corrected chi connectivity index (χ2v) is 5.50. The number of likely N-dealkylation sites (N-methyl/N-ethyl adjacent to an activating group) is 1. The Morgan fingerprint density at radius 3 is 2.94 bits per heavy atom. The summed E-state index contributed by atoms with van der Waals surface area (Å²) in [7, 11) is 1.79. The summed E-state index contributed by atoms with van der Waals surface area (Å²) in [5, 5.41) is 6.67. The molecule has 2 aromatic heterocycles. The molecule has 18 heavy (non-hydrogen) atoms. The van der Waals surface area contributed by atoms with Gasteiger partial charge in [0.05, 0.1) is 23.5 Å². The zero-order chi connectivity index (χ0) is 13.1. The molecule has 0 aliphatic carbocycles. The highest BCUT2D eigenvalue weighted by atomic mass is 35.5. The van der Waals surface area contributed by atoms with Crippen LogP contribution in [-0.4, -0.2) is 27.6 Å². The summed E-state index contributed by atoms with van der Waals surface area (Å²) < 4.78 is 1.62. The molecule has 0 radical (unpaired) electrons. The molecular formula is C12H14ClN3OS. The molecule has 4 nitrogen and oxygen atoms in total. The lowest BCUT2D eigenvalue weighted by Gasteiger charge is -2.16. The molecule has 0 fully saturated rings. The number of rotatable bonds is 4. The van der Waals surface area contributed by atoms with Gasteiger partial charge in [-0.1, -0.05) is 17.7 Å². The number of carbonyl (C=O) groups excluding carboxylic acids is 1. The highest BCUT2D eigenvalue weighted by molar-refractivity contribution is 7.09. The number of hydrogen-bond donors (Lipinski definition) is 0. The summed E-state index contributed by atoms with van der Waals surface area (Å²) in [5.41, 5.74) is 0.814. The molecule has 2 rings (SSSR count). The third-order valence-corrected chi connectivity index (χ3v) is 3.96. The maximum Gasteiger partial charge on any atom is 0.244 e. The second kappa shape index (κ2) is 5.54. The zero-order valence-electron chi connectivity index (χ0n) is 10.3. The summed E-state index contributed by atoms with van der Waals surface area (Å²) in [6, 6.07) is 4.00. The Kier molecular flexibility index (Phi) is 4.04. The minimum atomic E-state index is 0.0197. The lowest BCUT2D eigenvalue weighted by molar-refractivity contribution is -0.131. The fourth-order valence-corrected chi connectivity index (χ4v) is 2.45. The minimum Gasteiger partial charge on any atom is -0.339 e. The van der Waals surface area contributed by atoms with Crippen LogP contribution in [0.3, 0.4) is 0 Å². The van der Waals surface area contributed by atoms with Gasteiger partial charge < -0.3 is 4.90 Å². The molecule has 2 heterocycles. The Hall–Kier alpha value is -1.33. The van der Waals surface area contributed by atoms with Crippen LogP contribution in [-0.2, 0) is 17.9 Å². The van der Waals surface area contributed by atoms with Crippen LogP contribution in [0.5, 0.6) is 0 Å². The zero-order valence-corrected chi connectivity index (χ0v) is 11.8. The first-order valence-corrected chi connectivity index (χ1v) is 6.78. The van der Waals surface area contributed by atoms with Crippen molar-refractivity contribution in [2.75, 3.05) is 7.05 Å². The monoisotopic (exact) mass is 283 g/mol. The third kappa shape index (κ3) is 2.91. The van der Waals surface area contributed by atoms with Crippen LogP contribution in [0.25, 0.3) is 0 Å². The van der Waals surface area contributed by atoms with Crippen molar-refractivity contribution in [2.24, 2.45) is 0 Å². The van der Waals surface area contributed by atoms with E-state index >= 15 is 0 Å². The van der Waals surface area contributed by atoms with E-state index in [1.807, 2.05) is 24.4 Å². The predicted molar refractivity (Wildman–Crippen MR) is 72.8 cm³/mol. The van der Waals surface area contributed by atoms with Crippen molar-refractivity contribution < 1.29 is 4.79 Å². The van der Waals surface area contributed by atoms with Gasteiger partial charge in [0, 0.05) is 11.9 Å². The van der Waals surface area contributed by atoms with Crippen LogP contribution in [0.15, 0.2) is 23.7 Å². The summed E-state index contributed by atoms with van der Waals surface area (Å²) in [4.78, 5) is 14.9. The van der Waals surface area contributed by atoms with E-state index in [1.165, 1.54) is 4.88 Å². The minimum absolute atomic E-state index is 0.0197. The Morgan fingerprint density at radius 1 is 1.61 bits per heavy atom. The summed E-state index contributed by atoms with van der Waals surface area (Å²) >= 11 is 7.55. The van der Waals surface area contributed by atoms with E-state index in [0.717, 1.165) is 5.69 Å². The van der Waals surface area contributed by atoms with Crippen LogP contribution in [0, 0.1) is 6.92 Å². The van der Waals surface area contributed by atoms with Gasteiger partial charge in [0.15, 0.2) is 0 Å². The van der Waals surface area contributed by atoms with Gasteiger partial charge in [-0.05, 0) is 18.4 Å². The summed E-state index contributed by atoms with van der Waals surface area (Å²) in [6.07, 6.45) is 1.56. The number of thiophene rings is 1. The normalized spacial score (nSPS) is 10.6. The largest absolute Gasteiger partial charge is 0.339 e. The van der Waals surface area contributed by atoms with E-state index in [9.17, 15) is 4.79 Å². The highest BCUT2D eigenvalue weighted by Crippen LogP contribution is 2.14. The third-order valence-electron chi connectivity index (χ3n) is 2.73. The molecule has 0 aliphatic rings. The maximum absolute atomic E-state index is 12.0. The molecule has 0 atom stereocenters. The maximum atomic E-state index is 12.0. The van der Waals surface area contributed by atoms with E-state index in [2.05, 4.69) is 5.10 Å². The van der Waals surface area contributed by atoms with Crippen molar-refractivity contribution in [3.8, 4) is 0 Å². The van der Waals surface area contributed by atoms with Gasteiger partial charge in [0.25, 0.3) is 0 Å². The van der Waals surface area contributed by atoms with Crippen molar-refractivity contribution in [1.29, 1.82) is 0 Å². The van der Waals surface area contributed by atoms with E-state index in [4.69, 9.17) is 11.6 Å². The molecule has 0 bridgehead atoms. The quantitative estimate of drug-likeness (QED) is 0.865. The molecule has 6 heteroatoms. The SMILES string of the molecule is Cc1c(Cl)cnn1CC(=O)N(C)Cc1cccs1. The second-order valence-electron chi connectivity index (χ2n) is 4.06. The molecule has 1 amide bonds. The van der Waals surface area contributed by atoms with Crippen molar-refractivity contribution in [1.82, 2.24) is 14.7 Å². The van der Waals surface area contributed by atoms with Crippen molar-refractivity contribution >= 4 is 28.8 Å².